The van der Waals surface area contributed by atoms with Gasteiger partial charge >= 0.3 is 0 Å². The molecule has 1 saturated heterocycles. The Kier molecular flexibility index (Phi) is 3.04. The summed E-state index contributed by atoms with van der Waals surface area (Å²) in [6, 6.07) is 2.34. The standard InChI is InChI=1S/C16H23N3O/c20-16(10-14-9-12-2-3-13(14)8-12)18-7-4-15(11-18)19-6-1-5-17-19/h1,5-6,12-15H,2-4,7-11H2. The Morgan fingerprint density at radius 2 is 2.20 bits per heavy atom. The Morgan fingerprint density at radius 1 is 1.25 bits per heavy atom. The van der Waals surface area contributed by atoms with Crippen LogP contribution in [0.3, 0.4) is 0 Å². The molecule has 1 aromatic heterocycles. The van der Waals surface area contributed by atoms with Crippen molar-refractivity contribution in [2.45, 2.75) is 44.6 Å². The number of hydrogen-bond acceptors (Lipinski definition) is 2. The highest BCUT2D eigenvalue weighted by Gasteiger charge is 2.41. The summed E-state index contributed by atoms with van der Waals surface area (Å²) < 4.78 is 2.00. The van der Waals surface area contributed by atoms with Crippen molar-refractivity contribution in [2.24, 2.45) is 17.8 Å². The molecule has 108 valence electrons. The molecule has 4 nitrogen and oxygen atoms in total. The third-order valence-electron chi connectivity index (χ3n) is 5.74. The van der Waals surface area contributed by atoms with E-state index in [1.165, 1.54) is 25.7 Å². The molecule has 1 aliphatic heterocycles. The number of amides is 1. The van der Waals surface area contributed by atoms with Gasteiger partial charge in [0.15, 0.2) is 0 Å². The highest BCUT2D eigenvalue weighted by Crippen LogP contribution is 2.49. The van der Waals surface area contributed by atoms with Gasteiger partial charge in [-0.2, -0.15) is 5.10 Å². The molecule has 0 N–H and O–H groups in total. The summed E-state index contributed by atoms with van der Waals surface area (Å²) in [5.74, 6) is 2.86. The molecule has 2 bridgehead atoms. The first-order valence-corrected chi connectivity index (χ1v) is 8.06. The van der Waals surface area contributed by atoms with Gasteiger partial charge in [0.25, 0.3) is 0 Å². The minimum Gasteiger partial charge on any atom is -0.340 e. The first-order valence-electron chi connectivity index (χ1n) is 8.06. The number of carbonyl (C=O) groups is 1. The van der Waals surface area contributed by atoms with Gasteiger partial charge in [-0.05, 0) is 49.5 Å². The van der Waals surface area contributed by atoms with E-state index in [2.05, 4.69) is 10.00 Å². The molecule has 2 heterocycles. The smallest absolute Gasteiger partial charge is 0.222 e. The lowest BCUT2D eigenvalue weighted by atomic mass is 9.86. The number of likely N-dealkylation sites (tertiary alicyclic amines) is 1. The maximum atomic E-state index is 12.5. The second-order valence-electron chi connectivity index (χ2n) is 6.91. The molecule has 2 saturated carbocycles. The van der Waals surface area contributed by atoms with Gasteiger partial charge in [-0.25, -0.2) is 0 Å². The second kappa shape index (κ2) is 4.90. The van der Waals surface area contributed by atoms with Crippen LogP contribution in [0, 0.1) is 17.8 Å². The van der Waals surface area contributed by atoms with Crippen LogP contribution >= 0.6 is 0 Å². The molecule has 1 aromatic rings. The highest BCUT2D eigenvalue weighted by atomic mass is 16.2. The average Bonchev–Trinajstić information content (AvgIpc) is 3.21. The Morgan fingerprint density at radius 3 is 2.90 bits per heavy atom. The van der Waals surface area contributed by atoms with Crippen LogP contribution in [-0.4, -0.2) is 33.7 Å². The van der Waals surface area contributed by atoms with E-state index in [1.807, 2.05) is 23.1 Å². The van der Waals surface area contributed by atoms with Crippen LogP contribution in [0.2, 0.25) is 0 Å². The van der Waals surface area contributed by atoms with E-state index < -0.39 is 0 Å². The van der Waals surface area contributed by atoms with Gasteiger partial charge in [0.05, 0.1) is 6.04 Å². The largest absolute Gasteiger partial charge is 0.340 e. The van der Waals surface area contributed by atoms with Crippen LogP contribution in [0.1, 0.15) is 44.6 Å². The zero-order valence-electron chi connectivity index (χ0n) is 11.9. The maximum absolute atomic E-state index is 12.5. The van der Waals surface area contributed by atoms with Crippen molar-refractivity contribution in [3.05, 3.63) is 18.5 Å². The lowest BCUT2D eigenvalue weighted by Gasteiger charge is -2.24. The zero-order chi connectivity index (χ0) is 13.5. The first kappa shape index (κ1) is 12.4. The zero-order valence-corrected chi connectivity index (χ0v) is 11.9. The lowest BCUT2D eigenvalue weighted by Crippen LogP contribution is -2.31. The fourth-order valence-electron chi connectivity index (χ4n) is 4.66. The summed E-state index contributed by atoms with van der Waals surface area (Å²) in [4.78, 5) is 14.6. The predicted molar refractivity (Wildman–Crippen MR) is 76.0 cm³/mol. The van der Waals surface area contributed by atoms with E-state index in [-0.39, 0.29) is 0 Å². The summed E-state index contributed by atoms with van der Waals surface area (Å²) >= 11 is 0. The topological polar surface area (TPSA) is 38.1 Å². The molecule has 4 atom stereocenters. The van der Waals surface area contributed by atoms with Crippen molar-refractivity contribution >= 4 is 5.91 Å². The summed E-state index contributed by atoms with van der Waals surface area (Å²) in [6.07, 6.45) is 11.2. The minimum atomic E-state index is 0.383. The SMILES string of the molecule is O=C(CC1CC2CCC1C2)N1CCC(n2cccn2)C1. The van der Waals surface area contributed by atoms with E-state index in [1.54, 1.807) is 0 Å². The van der Waals surface area contributed by atoms with Gasteiger partial charge in [0, 0.05) is 31.9 Å². The van der Waals surface area contributed by atoms with E-state index >= 15 is 0 Å². The Labute approximate surface area is 120 Å². The van der Waals surface area contributed by atoms with Crippen LogP contribution in [0.15, 0.2) is 18.5 Å². The molecule has 1 amide bonds. The van der Waals surface area contributed by atoms with E-state index in [0.717, 1.165) is 37.8 Å². The Hall–Kier alpha value is -1.32. The fourth-order valence-corrected chi connectivity index (χ4v) is 4.66. The molecule has 4 unspecified atom stereocenters. The Balaban J connectivity index is 1.33. The summed E-state index contributed by atoms with van der Waals surface area (Å²) in [6.45, 7) is 1.76. The van der Waals surface area contributed by atoms with Crippen molar-refractivity contribution in [1.82, 2.24) is 14.7 Å². The van der Waals surface area contributed by atoms with Crippen molar-refractivity contribution in [2.75, 3.05) is 13.1 Å². The number of aromatic nitrogens is 2. The van der Waals surface area contributed by atoms with Crippen molar-refractivity contribution in [3.8, 4) is 0 Å². The van der Waals surface area contributed by atoms with Crippen LogP contribution < -0.4 is 0 Å². The van der Waals surface area contributed by atoms with E-state index in [9.17, 15) is 4.79 Å². The average molecular weight is 273 g/mol. The molecular weight excluding hydrogens is 250 g/mol. The molecule has 4 heteroatoms. The Bertz CT molecular complexity index is 484. The van der Waals surface area contributed by atoms with Gasteiger partial charge < -0.3 is 4.90 Å². The third kappa shape index (κ3) is 2.15. The highest BCUT2D eigenvalue weighted by molar-refractivity contribution is 5.76. The van der Waals surface area contributed by atoms with Crippen LogP contribution in [0.5, 0.6) is 0 Å². The summed E-state index contributed by atoms with van der Waals surface area (Å²) in [5, 5.41) is 4.31. The minimum absolute atomic E-state index is 0.383. The van der Waals surface area contributed by atoms with Crippen molar-refractivity contribution < 1.29 is 4.79 Å². The molecule has 20 heavy (non-hydrogen) atoms. The van der Waals surface area contributed by atoms with E-state index in [0.29, 0.717) is 17.9 Å². The maximum Gasteiger partial charge on any atom is 0.222 e. The number of rotatable bonds is 3. The normalized spacial score (nSPS) is 35.9. The van der Waals surface area contributed by atoms with Crippen molar-refractivity contribution in [3.63, 3.8) is 0 Å². The van der Waals surface area contributed by atoms with Crippen LogP contribution in [0.25, 0.3) is 0 Å². The number of hydrogen-bond donors (Lipinski definition) is 0. The number of carbonyl (C=O) groups excluding carboxylic acids is 1. The van der Waals surface area contributed by atoms with E-state index in [4.69, 9.17) is 0 Å². The van der Waals surface area contributed by atoms with Crippen LogP contribution in [0.4, 0.5) is 0 Å². The summed E-state index contributed by atoms with van der Waals surface area (Å²) in [5.41, 5.74) is 0. The fraction of sp³-hybridized carbons (Fsp3) is 0.750. The lowest BCUT2D eigenvalue weighted by molar-refractivity contribution is -0.131. The second-order valence-corrected chi connectivity index (χ2v) is 6.91. The predicted octanol–water partition coefficient (Wildman–Crippen LogP) is 2.48. The number of nitrogens with zero attached hydrogens (tertiary/aromatic N) is 3. The first-order chi connectivity index (χ1) is 9.79. The van der Waals surface area contributed by atoms with Gasteiger partial charge in [-0.15, -0.1) is 0 Å². The molecule has 0 spiro atoms. The van der Waals surface area contributed by atoms with Gasteiger partial charge in [0.2, 0.25) is 5.91 Å². The molecule has 0 aromatic carbocycles. The third-order valence-corrected chi connectivity index (χ3v) is 5.74. The van der Waals surface area contributed by atoms with Gasteiger partial charge in [-0.1, -0.05) is 6.42 Å². The monoisotopic (exact) mass is 273 g/mol. The molecular formula is C16H23N3O. The van der Waals surface area contributed by atoms with Crippen molar-refractivity contribution in [1.29, 1.82) is 0 Å². The quantitative estimate of drug-likeness (QED) is 0.848. The number of fused-ring (bicyclic) bond motifs is 2. The molecule has 3 fully saturated rings. The summed E-state index contributed by atoms with van der Waals surface area (Å²) in [7, 11) is 0. The van der Waals surface area contributed by atoms with Crippen LogP contribution in [-0.2, 0) is 4.79 Å². The van der Waals surface area contributed by atoms with Gasteiger partial charge in [0.1, 0.15) is 0 Å². The molecule has 0 radical (unpaired) electrons. The molecule has 2 aliphatic carbocycles. The molecule has 4 rings (SSSR count). The van der Waals surface area contributed by atoms with Gasteiger partial charge in [-0.3, -0.25) is 9.48 Å². The molecule has 3 aliphatic rings.